The van der Waals surface area contributed by atoms with Crippen LogP contribution in [0.1, 0.15) is 38.9 Å². The van der Waals surface area contributed by atoms with Crippen molar-refractivity contribution >= 4 is 0 Å². The highest BCUT2D eigenvalue weighted by Gasteiger charge is 2.36. The largest absolute Gasteiger partial charge is 0.330 e. The van der Waals surface area contributed by atoms with Gasteiger partial charge >= 0.3 is 0 Å². The van der Waals surface area contributed by atoms with Gasteiger partial charge in [0, 0.05) is 30.5 Å². The Balaban J connectivity index is 1.94. The van der Waals surface area contributed by atoms with E-state index in [1.807, 2.05) is 6.20 Å². The van der Waals surface area contributed by atoms with Gasteiger partial charge in [-0.1, -0.05) is 0 Å². The monoisotopic (exact) mass is 236 g/mol. The molecule has 2 N–H and O–H groups in total. The first kappa shape index (κ1) is 12.6. The molecule has 2 heterocycles. The van der Waals surface area contributed by atoms with Crippen molar-refractivity contribution < 1.29 is 0 Å². The molecule has 1 fully saturated rings. The molecule has 4 heteroatoms. The Morgan fingerprint density at radius 2 is 2.12 bits per heavy atom. The van der Waals surface area contributed by atoms with Gasteiger partial charge in [-0.25, -0.2) is 0 Å². The zero-order valence-corrected chi connectivity index (χ0v) is 11.2. The third-order valence-corrected chi connectivity index (χ3v) is 3.55. The summed E-state index contributed by atoms with van der Waals surface area (Å²) in [7, 11) is 0. The maximum absolute atomic E-state index is 5.56. The van der Waals surface area contributed by atoms with Gasteiger partial charge in [0.25, 0.3) is 0 Å². The molecular formula is C13H24N4. The molecule has 0 saturated carbocycles. The molecule has 0 atom stereocenters. The third-order valence-electron chi connectivity index (χ3n) is 3.55. The van der Waals surface area contributed by atoms with Gasteiger partial charge in [-0.15, -0.1) is 0 Å². The minimum absolute atomic E-state index is 0.279. The fraction of sp³-hybridized carbons (Fsp3) is 0.769. The lowest BCUT2D eigenvalue weighted by atomic mass is 9.97. The van der Waals surface area contributed by atoms with Crippen molar-refractivity contribution in [3.8, 4) is 0 Å². The molecule has 0 spiro atoms. The summed E-state index contributed by atoms with van der Waals surface area (Å²) in [5.74, 6) is 0. The van der Waals surface area contributed by atoms with Gasteiger partial charge in [0.15, 0.2) is 0 Å². The molecule has 4 nitrogen and oxygen atoms in total. The molecule has 2 rings (SSSR count). The van der Waals surface area contributed by atoms with Gasteiger partial charge < -0.3 is 5.73 Å². The van der Waals surface area contributed by atoms with Gasteiger partial charge in [0.05, 0.1) is 6.04 Å². The molecule has 1 aromatic rings. The van der Waals surface area contributed by atoms with E-state index in [0.717, 1.165) is 32.5 Å². The van der Waals surface area contributed by atoms with E-state index in [1.165, 1.54) is 5.69 Å². The molecule has 0 bridgehead atoms. The zero-order valence-electron chi connectivity index (χ0n) is 11.2. The molecule has 0 unspecified atom stereocenters. The van der Waals surface area contributed by atoms with Gasteiger partial charge in [-0.3, -0.25) is 9.58 Å². The molecule has 1 saturated heterocycles. The van der Waals surface area contributed by atoms with Crippen molar-refractivity contribution in [3.63, 3.8) is 0 Å². The summed E-state index contributed by atoms with van der Waals surface area (Å²) in [6.07, 6.45) is 4.00. The van der Waals surface area contributed by atoms with Crippen molar-refractivity contribution in [2.45, 2.75) is 45.2 Å². The summed E-state index contributed by atoms with van der Waals surface area (Å²) >= 11 is 0. The Kier molecular flexibility index (Phi) is 3.54. The van der Waals surface area contributed by atoms with Crippen LogP contribution >= 0.6 is 0 Å². The maximum Gasteiger partial charge on any atom is 0.0776 e. The van der Waals surface area contributed by atoms with Crippen molar-refractivity contribution in [2.75, 3.05) is 19.6 Å². The van der Waals surface area contributed by atoms with Crippen molar-refractivity contribution in [1.82, 2.24) is 14.7 Å². The summed E-state index contributed by atoms with van der Waals surface area (Å²) in [4.78, 5) is 2.49. The quantitative estimate of drug-likeness (QED) is 0.860. The molecular weight excluding hydrogens is 212 g/mol. The second-order valence-corrected chi connectivity index (χ2v) is 5.89. The van der Waals surface area contributed by atoms with E-state index < -0.39 is 0 Å². The Labute approximate surface area is 104 Å². The van der Waals surface area contributed by atoms with Crippen molar-refractivity contribution in [2.24, 2.45) is 5.73 Å². The summed E-state index contributed by atoms with van der Waals surface area (Å²) in [6, 6.07) is 2.67. The highest BCUT2D eigenvalue weighted by molar-refractivity contribution is 5.05. The van der Waals surface area contributed by atoms with E-state index in [2.05, 4.69) is 41.5 Å². The molecule has 1 aliphatic heterocycles. The normalized spacial score (nSPS) is 18.4. The lowest BCUT2D eigenvalue weighted by Crippen LogP contribution is -2.56. The van der Waals surface area contributed by atoms with Crippen LogP contribution < -0.4 is 5.73 Å². The second-order valence-electron chi connectivity index (χ2n) is 5.89. The van der Waals surface area contributed by atoms with Gasteiger partial charge in [-0.2, -0.15) is 5.10 Å². The van der Waals surface area contributed by atoms with Crippen LogP contribution in [-0.4, -0.2) is 39.9 Å². The minimum atomic E-state index is 0.279. The first-order valence-electron chi connectivity index (χ1n) is 6.50. The van der Waals surface area contributed by atoms with Crippen LogP contribution in [0, 0.1) is 0 Å². The van der Waals surface area contributed by atoms with Crippen LogP contribution in [0.5, 0.6) is 0 Å². The Bertz CT molecular complexity index is 358. The van der Waals surface area contributed by atoms with Crippen LogP contribution in [0.4, 0.5) is 0 Å². The summed E-state index contributed by atoms with van der Waals surface area (Å²) in [5, 5.41) is 4.46. The van der Waals surface area contributed by atoms with Gasteiger partial charge in [-0.05, 0) is 46.2 Å². The number of hydrogen-bond donors (Lipinski definition) is 1. The first-order valence-corrected chi connectivity index (χ1v) is 6.50. The zero-order chi connectivity index (χ0) is 12.5. The molecule has 0 aromatic carbocycles. The fourth-order valence-corrected chi connectivity index (χ4v) is 2.31. The maximum atomic E-state index is 5.56. The number of hydrogen-bond acceptors (Lipinski definition) is 3. The Morgan fingerprint density at radius 3 is 2.71 bits per heavy atom. The lowest BCUT2D eigenvalue weighted by molar-refractivity contribution is 0.0143. The van der Waals surface area contributed by atoms with Crippen molar-refractivity contribution in [1.29, 1.82) is 0 Å². The van der Waals surface area contributed by atoms with Crippen LogP contribution in [-0.2, 0) is 6.42 Å². The van der Waals surface area contributed by atoms with E-state index in [-0.39, 0.29) is 5.54 Å². The SMILES string of the molecule is CC(C)(C)N1CC(n2nccc2CCCN)C1. The molecule has 1 aromatic heterocycles. The number of rotatable bonds is 4. The third kappa shape index (κ3) is 2.69. The number of nitrogens with two attached hydrogens (primary N) is 1. The van der Waals surface area contributed by atoms with Crippen LogP contribution in [0.25, 0.3) is 0 Å². The van der Waals surface area contributed by atoms with E-state index in [1.54, 1.807) is 0 Å². The van der Waals surface area contributed by atoms with Crippen LogP contribution in [0.15, 0.2) is 12.3 Å². The number of likely N-dealkylation sites (tertiary alicyclic amines) is 1. The molecule has 17 heavy (non-hydrogen) atoms. The average Bonchev–Trinajstić information content (AvgIpc) is 2.58. The number of aryl methyl sites for hydroxylation is 1. The van der Waals surface area contributed by atoms with Crippen LogP contribution in [0.3, 0.4) is 0 Å². The highest BCUT2D eigenvalue weighted by atomic mass is 15.4. The van der Waals surface area contributed by atoms with E-state index in [9.17, 15) is 0 Å². The topological polar surface area (TPSA) is 47.1 Å². The Morgan fingerprint density at radius 1 is 1.41 bits per heavy atom. The molecule has 0 aliphatic carbocycles. The summed E-state index contributed by atoms with van der Waals surface area (Å²) in [6.45, 7) is 9.77. The predicted molar refractivity (Wildman–Crippen MR) is 70.0 cm³/mol. The Hall–Kier alpha value is -0.870. The number of aromatic nitrogens is 2. The average molecular weight is 236 g/mol. The lowest BCUT2D eigenvalue weighted by Gasteiger charge is -2.47. The smallest absolute Gasteiger partial charge is 0.0776 e. The van der Waals surface area contributed by atoms with Crippen molar-refractivity contribution in [3.05, 3.63) is 18.0 Å². The van der Waals surface area contributed by atoms with Crippen LogP contribution in [0.2, 0.25) is 0 Å². The summed E-state index contributed by atoms with van der Waals surface area (Å²) < 4.78 is 2.19. The molecule has 0 radical (unpaired) electrons. The van der Waals surface area contributed by atoms with E-state index in [4.69, 9.17) is 5.73 Å². The van der Waals surface area contributed by atoms with Gasteiger partial charge in [0.2, 0.25) is 0 Å². The molecule has 0 amide bonds. The fourth-order valence-electron chi connectivity index (χ4n) is 2.31. The van der Waals surface area contributed by atoms with E-state index in [0.29, 0.717) is 6.04 Å². The predicted octanol–water partition coefficient (Wildman–Crippen LogP) is 1.43. The van der Waals surface area contributed by atoms with Gasteiger partial charge in [0.1, 0.15) is 0 Å². The molecule has 1 aliphatic rings. The van der Waals surface area contributed by atoms with E-state index >= 15 is 0 Å². The first-order chi connectivity index (χ1) is 8.02. The number of nitrogens with zero attached hydrogens (tertiary/aromatic N) is 3. The molecule has 96 valence electrons. The summed E-state index contributed by atoms with van der Waals surface area (Å²) in [5.41, 5.74) is 7.17. The second kappa shape index (κ2) is 4.78. The highest BCUT2D eigenvalue weighted by Crippen LogP contribution is 2.29. The minimum Gasteiger partial charge on any atom is -0.330 e. The standard InChI is InChI=1S/C13H24N4/c1-13(2,3)16-9-12(10-16)17-11(5-4-7-14)6-8-15-17/h6,8,12H,4-5,7,9-10,14H2,1-3H3.